The van der Waals surface area contributed by atoms with Crippen LogP contribution < -0.4 is 0 Å². The van der Waals surface area contributed by atoms with Gasteiger partial charge in [0.1, 0.15) is 0 Å². The summed E-state index contributed by atoms with van der Waals surface area (Å²) in [6, 6.07) is 0. The lowest BCUT2D eigenvalue weighted by molar-refractivity contribution is -0.0915. The molecule has 0 aromatic rings. The van der Waals surface area contributed by atoms with Crippen molar-refractivity contribution in [3.63, 3.8) is 0 Å². The molecule has 40 valence electrons. The molecule has 0 aromatic carbocycles. The average molecular weight is 100 g/mol. The van der Waals surface area contributed by atoms with E-state index < -0.39 is 5.79 Å². The summed E-state index contributed by atoms with van der Waals surface area (Å²) in [5.41, 5.74) is 0. The summed E-state index contributed by atoms with van der Waals surface area (Å²) < 4.78 is 0. The molecule has 0 saturated heterocycles. The molecule has 0 rings (SSSR count). The zero-order valence-electron chi connectivity index (χ0n) is 4.39. The predicted molar refractivity (Wildman–Crippen MR) is 26.3 cm³/mol. The van der Waals surface area contributed by atoms with Crippen LogP contribution in [0.4, 0.5) is 0 Å². The number of aliphatic hydroxyl groups is 2. The zero-order valence-corrected chi connectivity index (χ0v) is 4.39. The van der Waals surface area contributed by atoms with Crippen LogP contribution >= 0.6 is 0 Å². The fourth-order valence-electron chi connectivity index (χ4n) is 0.237. The maximum absolute atomic E-state index is 8.40. The second-order valence-corrected chi connectivity index (χ2v) is 1.40. The molecule has 0 aliphatic carbocycles. The Kier molecular flexibility index (Phi) is 1.82. The Labute approximate surface area is 42.8 Å². The molecule has 0 fully saturated rings. The first kappa shape index (κ1) is 6.48. The SMILES string of the molecule is CC#CC(C)(O)O. The lowest BCUT2D eigenvalue weighted by atomic mass is 10.3. The van der Waals surface area contributed by atoms with Gasteiger partial charge in [0.15, 0.2) is 0 Å². The van der Waals surface area contributed by atoms with Crippen molar-refractivity contribution in [3.8, 4) is 11.8 Å². The van der Waals surface area contributed by atoms with Gasteiger partial charge < -0.3 is 10.2 Å². The smallest absolute Gasteiger partial charge is 0.225 e. The fraction of sp³-hybridized carbons (Fsp3) is 0.600. The third-order valence-corrected chi connectivity index (χ3v) is 0.362. The first-order valence-corrected chi connectivity index (χ1v) is 1.95. The van der Waals surface area contributed by atoms with Gasteiger partial charge in [0.05, 0.1) is 0 Å². The summed E-state index contributed by atoms with van der Waals surface area (Å²) in [6.07, 6.45) is 0. The van der Waals surface area contributed by atoms with Crippen LogP contribution in [-0.2, 0) is 0 Å². The molecule has 0 unspecified atom stereocenters. The van der Waals surface area contributed by atoms with E-state index in [4.69, 9.17) is 10.2 Å². The van der Waals surface area contributed by atoms with Crippen molar-refractivity contribution >= 4 is 0 Å². The van der Waals surface area contributed by atoms with Gasteiger partial charge in [0.2, 0.25) is 5.79 Å². The third-order valence-electron chi connectivity index (χ3n) is 0.362. The van der Waals surface area contributed by atoms with Crippen molar-refractivity contribution in [2.75, 3.05) is 0 Å². The van der Waals surface area contributed by atoms with Crippen LogP contribution in [0.2, 0.25) is 0 Å². The molecular formula is C5H8O2. The Bertz CT molecular complexity index is 99.5. The Hall–Kier alpha value is -0.520. The molecule has 0 aliphatic heterocycles. The summed E-state index contributed by atoms with van der Waals surface area (Å²) in [7, 11) is 0. The second-order valence-electron chi connectivity index (χ2n) is 1.40. The number of hydrogen-bond donors (Lipinski definition) is 2. The molecule has 0 aromatic heterocycles. The molecule has 0 atom stereocenters. The van der Waals surface area contributed by atoms with Crippen molar-refractivity contribution in [1.82, 2.24) is 0 Å². The molecule has 0 amide bonds. The van der Waals surface area contributed by atoms with Crippen LogP contribution in [0.1, 0.15) is 13.8 Å². The Morgan fingerprint density at radius 3 is 1.86 bits per heavy atom. The van der Waals surface area contributed by atoms with Crippen molar-refractivity contribution in [3.05, 3.63) is 0 Å². The summed E-state index contributed by atoms with van der Waals surface area (Å²) >= 11 is 0. The molecule has 0 saturated carbocycles. The summed E-state index contributed by atoms with van der Waals surface area (Å²) in [5, 5.41) is 16.8. The quantitative estimate of drug-likeness (QED) is 0.324. The van der Waals surface area contributed by atoms with Crippen molar-refractivity contribution in [1.29, 1.82) is 0 Å². The first-order valence-electron chi connectivity index (χ1n) is 1.95. The van der Waals surface area contributed by atoms with Gasteiger partial charge in [0, 0.05) is 6.92 Å². The highest BCUT2D eigenvalue weighted by molar-refractivity contribution is 5.03. The molecule has 2 nitrogen and oxygen atoms in total. The van der Waals surface area contributed by atoms with E-state index in [1.807, 2.05) is 0 Å². The largest absolute Gasteiger partial charge is 0.356 e. The molecule has 0 radical (unpaired) electrons. The highest BCUT2D eigenvalue weighted by atomic mass is 16.5. The topological polar surface area (TPSA) is 40.5 Å². The lowest BCUT2D eigenvalue weighted by Gasteiger charge is -2.03. The molecule has 7 heavy (non-hydrogen) atoms. The van der Waals surface area contributed by atoms with E-state index in [0.717, 1.165) is 0 Å². The molecule has 2 N–H and O–H groups in total. The van der Waals surface area contributed by atoms with E-state index in [0.29, 0.717) is 0 Å². The molecule has 0 spiro atoms. The molecule has 0 aliphatic rings. The highest BCUT2D eigenvalue weighted by Crippen LogP contribution is 1.90. The van der Waals surface area contributed by atoms with Gasteiger partial charge in [-0.1, -0.05) is 0 Å². The van der Waals surface area contributed by atoms with Gasteiger partial charge in [-0.2, -0.15) is 0 Å². The Morgan fingerprint density at radius 2 is 1.86 bits per heavy atom. The molecule has 0 heterocycles. The van der Waals surface area contributed by atoms with Crippen LogP contribution in [0.5, 0.6) is 0 Å². The molecule has 0 bridgehead atoms. The Balaban J connectivity index is 3.72. The fourth-order valence-corrected chi connectivity index (χ4v) is 0.237. The third kappa shape index (κ3) is 5.48. The monoisotopic (exact) mass is 100 g/mol. The first-order chi connectivity index (χ1) is 3.06. The normalized spacial score (nSPS) is 9.71. The van der Waals surface area contributed by atoms with E-state index in [-0.39, 0.29) is 0 Å². The maximum Gasteiger partial charge on any atom is 0.225 e. The van der Waals surface area contributed by atoms with Crippen molar-refractivity contribution in [2.24, 2.45) is 0 Å². The van der Waals surface area contributed by atoms with Gasteiger partial charge in [-0.3, -0.25) is 0 Å². The van der Waals surface area contributed by atoms with Crippen LogP contribution in [0.15, 0.2) is 0 Å². The van der Waals surface area contributed by atoms with Crippen molar-refractivity contribution < 1.29 is 10.2 Å². The van der Waals surface area contributed by atoms with E-state index in [2.05, 4.69) is 11.8 Å². The van der Waals surface area contributed by atoms with Gasteiger partial charge in [-0.05, 0) is 12.8 Å². The Morgan fingerprint density at radius 1 is 1.43 bits per heavy atom. The van der Waals surface area contributed by atoms with E-state index in [1.54, 1.807) is 6.92 Å². The molecule has 2 heteroatoms. The van der Waals surface area contributed by atoms with Gasteiger partial charge in [-0.15, -0.1) is 5.92 Å². The van der Waals surface area contributed by atoms with Gasteiger partial charge >= 0.3 is 0 Å². The highest BCUT2D eigenvalue weighted by Gasteiger charge is 2.06. The summed E-state index contributed by atoms with van der Waals surface area (Å²) in [6.45, 7) is 2.76. The van der Waals surface area contributed by atoms with Crippen LogP contribution in [-0.4, -0.2) is 16.0 Å². The van der Waals surface area contributed by atoms with Crippen LogP contribution in [0, 0.1) is 11.8 Å². The minimum atomic E-state index is -1.81. The number of hydrogen-bond acceptors (Lipinski definition) is 2. The maximum atomic E-state index is 8.40. The van der Waals surface area contributed by atoms with Crippen LogP contribution in [0.25, 0.3) is 0 Å². The van der Waals surface area contributed by atoms with Gasteiger partial charge in [0.25, 0.3) is 0 Å². The van der Waals surface area contributed by atoms with Crippen molar-refractivity contribution in [2.45, 2.75) is 19.6 Å². The van der Waals surface area contributed by atoms with Gasteiger partial charge in [-0.25, -0.2) is 0 Å². The standard InChI is InChI=1S/C5H8O2/c1-3-4-5(2,6)7/h6-7H,1-2H3. The van der Waals surface area contributed by atoms with E-state index in [9.17, 15) is 0 Å². The number of rotatable bonds is 0. The lowest BCUT2D eigenvalue weighted by Crippen LogP contribution is -2.19. The second kappa shape index (κ2) is 1.97. The minimum Gasteiger partial charge on any atom is -0.356 e. The van der Waals surface area contributed by atoms with E-state index in [1.165, 1.54) is 6.92 Å². The predicted octanol–water partition coefficient (Wildman–Crippen LogP) is -0.289. The summed E-state index contributed by atoms with van der Waals surface area (Å²) in [4.78, 5) is 0. The molecular weight excluding hydrogens is 92.1 g/mol. The zero-order chi connectivity index (χ0) is 5.91. The van der Waals surface area contributed by atoms with Crippen LogP contribution in [0.3, 0.4) is 0 Å². The summed E-state index contributed by atoms with van der Waals surface area (Å²) in [5.74, 6) is 2.69. The minimum absolute atomic E-state index is 1.21. The average Bonchev–Trinajstić information content (AvgIpc) is 1.30. The van der Waals surface area contributed by atoms with E-state index >= 15 is 0 Å².